The molecule has 2 aromatic rings. The molecule has 0 saturated heterocycles. The van der Waals surface area contributed by atoms with Gasteiger partial charge in [-0.1, -0.05) is 31.5 Å². The molecule has 0 radical (unpaired) electrons. The molecule has 0 spiro atoms. The molecule has 2 atom stereocenters. The minimum atomic E-state index is 0.104. The first-order valence-corrected chi connectivity index (χ1v) is 7.07. The van der Waals surface area contributed by atoms with Crippen LogP contribution in [0.1, 0.15) is 38.5 Å². The number of rotatable bonds is 7. The molecule has 0 aliphatic heterocycles. The van der Waals surface area contributed by atoms with Crippen LogP contribution in [-0.2, 0) is 4.74 Å². The molecule has 1 aromatic carbocycles. The van der Waals surface area contributed by atoms with Crippen molar-refractivity contribution in [1.82, 2.24) is 5.32 Å². The van der Waals surface area contributed by atoms with E-state index in [0.29, 0.717) is 0 Å². The molecular formula is C16H23NO2. The Morgan fingerprint density at radius 2 is 2.05 bits per heavy atom. The number of furan rings is 1. The van der Waals surface area contributed by atoms with E-state index in [1.54, 1.807) is 0 Å². The van der Waals surface area contributed by atoms with Crippen molar-refractivity contribution in [3.63, 3.8) is 0 Å². The van der Waals surface area contributed by atoms with Gasteiger partial charge in [-0.2, -0.15) is 0 Å². The summed E-state index contributed by atoms with van der Waals surface area (Å²) in [6.07, 6.45) is 2.28. The van der Waals surface area contributed by atoms with E-state index in [1.165, 1.54) is 0 Å². The molecule has 19 heavy (non-hydrogen) atoms. The number of fused-ring (bicyclic) bond motifs is 1. The smallest absolute Gasteiger partial charge is 0.134 e. The van der Waals surface area contributed by atoms with Gasteiger partial charge in [-0.25, -0.2) is 0 Å². The maximum Gasteiger partial charge on any atom is 0.134 e. The van der Waals surface area contributed by atoms with Gasteiger partial charge in [-0.15, -0.1) is 0 Å². The highest BCUT2D eigenvalue weighted by atomic mass is 16.5. The maximum absolute atomic E-state index is 5.95. The zero-order valence-corrected chi connectivity index (χ0v) is 12.0. The average Bonchev–Trinajstić information content (AvgIpc) is 2.83. The molecule has 0 aliphatic rings. The van der Waals surface area contributed by atoms with Crippen molar-refractivity contribution in [2.75, 3.05) is 13.7 Å². The fraction of sp³-hybridized carbons (Fsp3) is 0.500. The molecule has 1 aromatic heterocycles. The lowest BCUT2D eigenvalue weighted by molar-refractivity contribution is 0.0246. The first-order valence-electron chi connectivity index (χ1n) is 7.07. The lowest BCUT2D eigenvalue weighted by Gasteiger charge is -2.24. The Labute approximate surface area is 114 Å². The second-order valence-corrected chi connectivity index (χ2v) is 4.74. The zero-order chi connectivity index (χ0) is 13.7. The number of benzene rings is 1. The summed E-state index contributed by atoms with van der Waals surface area (Å²) < 4.78 is 11.8. The van der Waals surface area contributed by atoms with Crippen LogP contribution < -0.4 is 5.32 Å². The van der Waals surface area contributed by atoms with Gasteiger partial charge in [0.05, 0.1) is 12.1 Å². The fourth-order valence-corrected chi connectivity index (χ4v) is 2.51. The van der Waals surface area contributed by atoms with Crippen molar-refractivity contribution >= 4 is 11.0 Å². The van der Waals surface area contributed by atoms with Gasteiger partial charge in [0.2, 0.25) is 0 Å². The van der Waals surface area contributed by atoms with Crippen molar-refractivity contribution in [1.29, 1.82) is 0 Å². The van der Waals surface area contributed by atoms with Crippen LogP contribution in [0, 0.1) is 0 Å². The van der Waals surface area contributed by atoms with E-state index in [2.05, 4.69) is 24.4 Å². The Morgan fingerprint density at radius 1 is 1.26 bits per heavy atom. The van der Waals surface area contributed by atoms with Crippen LogP contribution in [-0.4, -0.2) is 19.8 Å². The molecule has 0 amide bonds. The molecule has 0 aliphatic carbocycles. The Balaban J connectivity index is 2.28. The summed E-state index contributed by atoms with van der Waals surface area (Å²) in [6, 6.07) is 10.3. The van der Waals surface area contributed by atoms with E-state index < -0.39 is 0 Å². The van der Waals surface area contributed by atoms with Crippen LogP contribution in [0.2, 0.25) is 0 Å². The van der Waals surface area contributed by atoms with Crippen LogP contribution in [0.4, 0.5) is 0 Å². The monoisotopic (exact) mass is 261 g/mol. The Bertz CT molecular complexity index is 467. The van der Waals surface area contributed by atoms with Gasteiger partial charge >= 0.3 is 0 Å². The molecule has 104 valence electrons. The largest absolute Gasteiger partial charge is 0.459 e. The van der Waals surface area contributed by atoms with Gasteiger partial charge in [-0.3, -0.25) is 0 Å². The molecule has 1 N–H and O–H groups in total. The third-order valence-electron chi connectivity index (χ3n) is 3.39. The van der Waals surface area contributed by atoms with Crippen LogP contribution in [0.15, 0.2) is 34.7 Å². The predicted octanol–water partition coefficient (Wildman–Crippen LogP) is 3.90. The summed E-state index contributed by atoms with van der Waals surface area (Å²) in [5, 5.41) is 4.47. The van der Waals surface area contributed by atoms with E-state index >= 15 is 0 Å². The molecule has 0 saturated carbocycles. The summed E-state index contributed by atoms with van der Waals surface area (Å²) in [5.74, 6) is 0.954. The molecule has 0 bridgehead atoms. The quantitative estimate of drug-likeness (QED) is 0.821. The number of likely N-dealkylation sites (N-methyl/N-ethyl adjacent to an activating group) is 1. The number of para-hydroxylation sites is 1. The summed E-state index contributed by atoms with van der Waals surface area (Å²) in [7, 11) is 1.96. The normalized spacial score (nSPS) is 14.7. The second kappa shape index (κ2) is 6.73. The van der Waals surface area contributed by atoms with E-state index in [4.69, 9.17) is 9.15 Å². The summed E-state index contributed by atoms with van der Waals surface area (Å²) >= 11 is 0. The van der Waals surface area contributed by atoms with Gasteiger partial charge in [0.1, 0.15) is 11.3 Å². The van der Waals surface area contributed by atoms with Crippen LogP contribution in [0.25, 0.3) is 11.0 Å². The first-order chi connectivity index (χ1) is 9.30. The van der Waals surface area contributed by atoms with E-state index in [0.717, 1.165) is 36.2 Å². The van der Waals surface area contributed by atoms with Gasteiger partial charge in [-0.05, 0) is 32.5 Å². The van der Waals surface area contributed by atoms with Crippen LogP contribution >= 0.6 is 0 Å². The van der Waals surface area contributed by atoms with Crippen LogP contribution in [0.5, 0.6) is 0 Å². The summed E-state index contributed by atoms with van der Waals surface area (Å²) in [4.78, 5) is 0. The molecular weight excluding hydrogens is 238 g/mol. The third kappa shape index (κ3) is 3.17. The fourth-order valence-electron chi connectivity index (χ4n) is 2.51. The SMILES string of the molecule is CCCC(OCC)C(NC)c1cc2ccccc2o1. The van der Waals surface area contributed by atoms with Crippen molar-refractivity contribution in [3.05, 3.63) is 36.1 Å². The molecule has 1 heterocycles. The summed E-state index contributed by atoms with van der Waals surface area (Å²) in [6.45, 7) is 4.94. The number of nitrogens with one attached hydrogen (secondary N) is 1. The average molecular weight is 261 g/mol. The highest BCUT2D eigenvalue weighted by molar-refractivity contribution is 5.77. The molecule has 3 nitrogen and oxygen atoms in total. The molecule has 0 fully saturated rings. The molecule has 2 rings (SSSR count). The van der Waals surface area contributed by atoms with Gasteiger partial charge in [0.25, 0.3) is 0 Å². The van der Waals surface area contributed by atoms with Crippen LogP contribution in [0.3, 0.4) is 0 Å². The minimum absolute atomic E-state index is 0.104. The highest BCUT2D eigenvalue weighted by Crippen LogP contribution is 2.28. The minimum Gasteiger partial charge on any atom is -0.459 e. The lowest BCUT2D eigenvalue weighted by atomic mass is 10.0. The lowest BCUT2D eigenvalue weighted by Crippen LogP contribution is -2.31. The molecule has 3 heteroatoms. The number of ether oxygens (including phenoxy) is 1. The van der Waals surface area contributed by atoms with Crippen molar-refractivity contribution in [3.8, 4) is 0 Å². The van der Waals surface area contributed by atoms with E-state index in [-0.39, 0.29) is 12.1 Å². The van der Waals surface area contributed by atoms with E-state index in [1.807, 2.05) is 32.2 Å². The number of hydrogen-bond donors (Lipinski definition) is 1. The van der Waals surface area contributed by atoms with Crippen molar-refractivity contribution in [2.45, 2.75) is 38.8 Å². The van der Waals surface area contributed by atoms with Crippen molar-refractivity contribution in [2.24, 2.45) is 0 Å². The molecule has 2 unspecified atom stereocenters. The summed E-state index contributed by atoms with van der Waals surface area (Å²) in [5.41, 5.74) is 0.935. The third-order valence-corrected chi connectivity index (χ3v) is 3.39. The van der Waals surface area contributed by atoms with E-state index in [9.17, 15) is 0 Å². The Hall–Kier alpha value is -1.32. The Kier molecular flexibility index (Phi) is 5.00. The second-order valence-electron chi connectivity index (χ2n) is 4.74. The van der Waals surface area contributed by atoms with Crippen molar-refractivity contribution < 1.29 is 9.15 Å². The van der Waals surface area contributed by atoms with Gasteiger partial charge < -0.3 is 14.5 Å². The first kappa shape index (κ1) is 14.1. The topological polar surface area (TPSA) is 34.4 Å². The maximum atomic E-state index is 5.95. The predicted molar refractivity (Wildman–Crippen MR) is 78.3 cm³/mol. The van der Waals surface area contributed by atoms with Gasteiger partial charge in [0, 0.05) is 12.0 Å². The highest BCUT2D eigenvalue weighted by Gasteiger charge is 2.24. The zero-order valence-electron chi connectivity index (χ0n) is 12.0. The Morgan fingerprint density at radius 3 is 2.68 bits per heavy atom. The number of hydrogen-bond acceptors (Lipinski definition) is 3. The van der Waals surface area contributed by atoms with Gasteiger partial charge in [0.15, 0.2) is 0 Å². The standard InChI is InChI=1S/C16H23NO2/c1-4-8-14(18-5-2)16(17-3)15-11-12-9-6-7-10-13(12)19-15/h6-7,9-11,14,16-17H,4-5,8H2,1-3H3.